The number of hydrogen-bond acceptors (Lipinski definition) is 2. The SMILES string of the molecule is CC(C)C(=O)CN(Cc1ccccc1)C(C)(C)C. The van der Waals surface area contributed by atoms with Crippen LogP contribution in [0.5, 0.6) is 0 Å². The summed E-state index contributed by atoms with van der Waals surface area (Å²) in [4.78, 5) is 14.2. The number of ketones is 1. The maximum absolute atomic E-state index is 11.9. The minimum atomic E-state index is 0.000388. The van der Waals surface area contributed by atoms with Crippen LogP contribution in [0.1, 0.15) is 40.2 Å². The van der Waals surface area contributed by atoms with Crippen LogP contribution in [0.15, 0.2) is 30.3 Å². The number of hydrogen-bond donors (Lipinski definition) is 0. The van der Waals surface area contributed by atoms with Gasteiger partial charge in [0.15, 0.2) is 0 Å². The van der Waals surface area contributed by atoms with Gasteiger partial charge in [0, 0.05) is 18.0 Å². The number of rotatable bonds is 5. The minimum absolute atomic E-state index is 0.000388. The highest BCUT2D eigenvalue weighted by atomic mass is 16.1. The van der Waals surface area contributed by atoms with E-state index in [-0.39, 0.29) is 11.5 Å². The van der Waals surface area contributed by atoms with Crippen molar-refractivity contribution < 1.29 is 4.79 Å². The highest BCUT2D eigenvalue weighted by Crippen LogP contribution is 2.17. The van der Waals surface area contributed by atoms with Crippen LogP contribution >= 0.6 is 0 Å². The third-order valence-electron chi connectivity index (χ3n) is 3.16. The molecule has 1 aromatic carbocycles. The molecule has 0 amide bonds. The molecular formula is C16H25NO. The topological polar surface area (TPSA) is 20.3 Å². The Kier molecular flexibility index (Phi) is 5.09. The molecular weight excluding hydrogens is 222 g/mol. The minimum Gasteiger partial charge on any atom is -0.298 e. The molecule has 1 rings (SSSR count). The maximum Gasteiger partial charge on any atom is 0.149 e. The average molecular weight is 247 g/mol. The molecule has 2 nitrogen and oxygen atoms in total. The van der Waals surface area contributed by atoms with E-state index in [4.69, 9.17) is 0 Å². The second-order valence-corrected chi connectivity index (χ2v) is 6.13. The summed E-state index contributed by atoms with van der Waals surface area (Å²) in [6.07, 6.45) is 0. The van der Waals surface area contributed by atoms with Crippen LogP contribution in [-0.2, 0) is 11.3 Å². The molecule has 0 heterocycles. The van der Waals surface area contributed by atoms with Crippen molar-refractivity contribution in [2.45, 2.75) is 46.7 Å². The second kappa shape index (κ2) is 6.14. The molecule has 0 spiro atoms. The molecule has 0 N–H and O–H groups in total. The standard InChI is InChI=1S/C16H25NO/c1-13(2)15(18)12-17(16(3,4)5)11-14-9-7-6-8-10-14/h6-10,13H,11-12H2,1-5H3. The van der Waals surface area contributed by atoms with E-state index in [1.165, 1.54) is 5.56 Å². The smallest absolute Gasteiger partial charge is 0.149 e. The summed E-state index contributed by atoms with van der Waals surface area (Å²) in [5.41, 5.74) is 1.25. The summed E-state index contributed by atoms with van der Waals surface area (Å²) in [6.45, 7) is 11.7. The summed E-state index contributed by atoms with van der Waals surface area (Å²) in [7, 11) is 0. The van der Waals surface area contributed by atoms with Crippen LogP contribution in [0.25, 0.3) is 0 Å². The van der Waals surface area contributed by atoms with Gasteiger partial charge in [0.25, 0.3) is 0 Å². The van der Waals surface area contributed by atoms with Crippen molar-refractivity contribution in [3.05, 3.63) is 35.9 Å². The first-order valence-corrected chi connectivity index (χ1v) is 6.62. The molecule has 18 heavy (non-hydrogen) atoms. The van der Waals surface area contributed by atoms with Crippen LogP contribution < -0.4 is 0 Å². The van der Waals surface area contributed by atoms with Crippen molar-refractivity contribution in [2.24, 2.45) is 5.92 Å². The number of benzene rings is 1. The van der Waals surface area contributed by atoms with Crippen molar-refractivity contribution in [3.63, 3.8) is 0 Å². The molecule has 0 aromatic heterocycles. The molecule has 0 aliphatic rings. The zero-order valence-corrected chi connectivity index (χ0v) is 12.2. The largest absolute Gasteiger partial charge is 0.298 e. The van der Waals surface area contributed by atoms with Crippen molar-refractivity contribution in [2.75, 3.05) is 6.54 Å². The van der Waals surface area contributed by atoms with Crippen molar-refractivity contribution in [1.82, 2.24) is 4.90 Å². The van der Waals surface area contributed by atoms with Gasteiger partial charge >= 0.3 is 0 Å². The molecule has 0 atom stereocenters. The summed E-state index contributed by atoms with van der Waals surface area (Å²) < 4.78 is 0. The summed E-state index contributed by atoms with van der Waals surface area (Å²) in [6, 6.07) is 10.3. The van der Waals surface area contributed by atoms with Gasteiger partial charge in [0.05, 0.1) is 6.54 Å². The van der Waals surface area contributed by atoms with E-state index >= 15 is 0 Å². The lowest BCUT2D eigenvalue weighted by Crippen LogP contribution is -2.44. The van der Waals surface area contributed by atoms with Crippen molar-refractivity contribution >= 4 is 5.78 Å². The molecule has 0 aliphatic heterocycles. The second-order valence-electron chi connectivity index (χ2n) is 6.13. The quantitative estimate of drug-likeness (QED) is 0.793. The van der Waals surface area contributed by atoms with E-state index in [2.05, 4.69) is 37.8 Å². The van der Waals surface area contributed by atoms with Gasteiger partial charge in [-0.05, 0) is 26.3 Å². The van der Waals surface area contributed by atoms with Crippen LogP contribution in [0.3, 0.4) is 0 Å². The van der Waals surface area contributed by atoms with Crippen LogP contribution in [0, 0.1) is 5.92 Å². The molecule has 0 saturated carbocycles. The Bertz CT molecular complexity index is 376. The molecule has 0 radical (unpaired) electrons. The van der Waals surface area contributed by atoms with Crippen LogP contribution in [0.4, 0.5) is 0 Å². The number of carbonyl (C=O) groups excluding carboxylic acids is 1. The number of Topliss-reactive ketones (excluding diaryl/α,β-unsaturated/α-hetero) is 1. The first kappa shape index (κ1) is 14.9. The van der Waals surface area contributed by atoms with Gasteiger partial charge in [0.2, 0.25) is 0 Å². The normalized spacial score (nSPS) is 12.2. The Morgan fingerprint density at radius 3 is 2.17 bits per heavy atom. The van der Waals surface area contributed by atoms with Gasteiger partial charge in [-0.25, -0.2) is 0 Å². The molecule has 100 valence electrons. The van der Waals surface area contributed by atoms with E-state index in [1.54, 1.807) is 0 Å². The van der Waals surface area contributed by atoms with E-state index in [0.717, 1.165) is 6.54 Å². The Balaban J connectivity index is 2.77. The van der Waals surface area contributed by atoms with E-state index in [0.29, 0.717) is 12.3 Å². The third-order valence-corrected chi connectivity index (χ3v) is 3.16. The predicted octanol–water partition coefficient (Wildman–Crippen LogP) is 3.51. The zero-order valence-electron chi connectivity index (χ0n) is 12.2. The van der Waals surface area contributed by atoms with Crippen LogP contribution in [0.2, 0.25) is 0 Å². The summed E-state index contributed by atoms with van der Waals surface area (Å²) in [5.74, 6) is 0.409. The fraction of sp³-hybridized carbons (Fsp3) is 0.562. The van der Waals surface area contributed by atoms with Gasteiger partial charge in [-0.1, -0.05) is 44.2 Å². The lowest BCUT2D eigenvalue weighted by atomic mass is 10.0. The monoisotopic (exact) mass is 247 g/mol. The number of nitrogens with zero attached hydrogens (tertiary/aromatic N) is 1. The predicted molar refractivity (Wildman–Crippen MR) is 76.5 cm³/mol. The Morgan fingerprint density at radius 1 is 1.17 bits per heavy atom. The van der Waals surface area contributed by atoms with Gasteiger partial charge in [0.1, 0.15) is 5.78 Å². The Morgan fingerprint density at radius 2 is 1.72 bits per heavy atom. The van der Waals surface area contributed by atoms with Crippen LogP contribution in [-0.4, -0.2) is 22.8 Å². The molecule has 0 aliphatic carbocycles. The lowest BCUT2D eigenvalue weighted by Gasteiger charge is -2.35. The fourth-order valence-electron chi connectivity index (χ4n) is 1.70. The highest BCUT2D eigenvalue weighted by molar-refractivity contribution is 5.82. The summed E-state index contributed by atoms with van der Waals surface area (Å²) >= 11 is 0. The fourth-order valence-corrected chi connectivity index (χ4v) is 1.70. The first-order chi connectivity index (χ1) is 8.30. The Labute approximate surface area is 111 Å². The molecule has 0 saturated heterocycles. The molecule has 0 bridgehead atoms. The molecule has 0 unspecified atom stereocenters. The highest BCUT2D eigenvalue weighted by Gasteiger charge is 2.24. The molecule has 2 heteroatoms. The van der Waals surface area contributed by atoms with Gasteiger partial charge in [-0.3, -0.25) is 9.69 Å². The Hall–Kier alpha value is -1.15. The molecule has 1 aromatic rings. The maximum atomic E-state index is 11.9. The van der Waals surface area contributed by atoms with Gasteiger partial charge in [-0.15, -0.1) is 0 Å². The van der Waals surface area contributed by atoms with E-state index in [1.807, 2.05) is 32.0 Å². The summed E-state index contributed by atoms with van der Waals surface area (Å²) in [5, 5.41) is 0. The van der Waals surface area contributed by atoms with Gasteiger partial charge in [-0.2, -0.15) is 0 Å². The zero-order chi connectivity index (χ0) is 13.8. The van der Waals surface area contributed by atoms with Crippen molar-refractivity contribution in [3.8, 4) is 0 Å². The van der Waals surface area contributed by atoms with Crippen molar-refractivity contribution in [1.29, 1.82) is 0 Å². The molecule has 0 fully saturated rings. The van der Waals surface area contributed by atoms with E-state index < -0.39 is 0 Å². The first-order valence-electron chi connectivity index (χ1n) is 6.62. The number of carbonyl (C=O) groups is 1. The van der Waals surface area contributed by atoms with E-state index in [9.17, 15) is 4.79 Å². The lowest BCUT2D eigenvalue weighted by molar-refractivity contribution is -0.124. The third kappa shape index (κ3) is 4.61. The van der Waals surface area contributed by atoms with Gasteiger partial charge < -0.3 is 0 Å². The average Bonchev–Trinajstić information content (AvgIpc) is 2.28.